The van der Waals surface area contributed by atoms with E-state index in [0.717, 1.165) is 30.4 Å². The lowest BCUT2D eigenvalue weighted by Gasteiger charge is -2.34. The maximum Gasteiger partial charge on any atom is 0.262 e. The van der Waals surface area contributed by atoms with Crippen molar-refractivity contribution in [2.75, 3.05) is 6.54 Å². The van der Waals surface area contributed by atoms with Crippen molar-refractivity contribution in [3.05, 3.63) is 71.8 Å². The Hall–Kier alpha value is -2.95. The van der Waals surface area contributed by atoms with Gasteiger partial charge in [-0.05, 0) is 25.7 Å². The topological polar surface area (TPSA) is 61.8 Å². The van der Waals surface area contributed by atoms with Crippen LogP contribution in [0.1, 0.15) is 50.2 Å². The van der Waals surface area contributed by atoms with Crippen molar-refractivity contribution in [2.24, 2.45) is 5.10 Å². The molecule has 0 spiro atoms. The Kier molecular flexibility index (Phi) is 6.95. The van der Waals surface area contributed by atoms with Crippen LogP contribution in [0.5, 0.6) is 0 Å². The normalized spacial score (nSPS) is 16.3. The monoisotopic (exact) mass is 377 g/mol. The zero-order valence-electron chi connectivity index (χ0n) is 16.3. The summed E-state index contributed by atoms with van der Waals surface area (Å²) in [4.78, 5) is 27.0. The van der Waals surface area contributed by atoms with Crippen molar-refractivity contribution in [3.63, 3.8) is 0 Å². The summed E-state index contributed by atoms with van der Waals surface area (Å²) in [5, 5.41) is 4.46. The van der Waals surface area contributed by atoms with Crippen molar-refractivity contribution < 1.29 is 9.59 Å². The van der Waals surface area contributed by atoms with Crippen LogP contribution in [-0.2, 0) is 9.59 Å². The lowest BCUT2D eigenvalue weighted by molar-refractivity contribution is -0.142. The van der Waals surface area contributed by atoms with Gasteiger partial charge in [-0.25, -0.2) is 5.43 Å². The maximum absolute atomic E-state index is 12.9. The minimum atomic E-state index is -0.440. The third-order valence-corrected chi connectivity index (χ3v) is 4.96. The molecule has 0 saturated carbocycles. The van der Waals surface area contributed by atoms with Crippen LogP contribution in [0.25, 0.3) is 0 Å². The molecule has 2 aromatic rings. The van der Waals surface area contributed by atoms with E-state index >= 15 is 0 Å². The molecule has 1 aliphatic rings. The number of carbonyl (C=O) groups excluding carboxylic acids is 2. The zero-order chi connectivity index (χ0) is 19.8. The number of carbonyl (C=O) groups is 2. The molecule has 0 aliphatic carbocycles. The summed E-state index contributed by atoms with van der Waals surface area (Å²) in [5.41, 5.74) is 5.29. The van der Waals surface area contributed by atoms with E-state index in [-0.39, 0.29) is 11.8 Å². The molecule has 1 saturated heterocycles. The maximum atomic E-state index is 12.9. The number of rotatable bonds is 6. The number of amides is 2. The number of benzene rings is 2. The molecule has 1 unspecified atom stereocenters. The smallest absolute Gasteiger partial charge is 0.262 e. The molecule has 1 atom stereocenters. The standard InChI is InChI=1S/C23H27N3O2/c1-2-11-21(27)26-17-10-9-16-20(26)23(28)25-24-22(18-12-5-3-6-13-18)19-14-7-4-8-15-19/h3-8,12-15,20H,2,9-11,16-17H2,1H3,(H,25,28). The van der Waals surface area contributed by atoms with Crippen LogP contribution in [0.15, 0.2) is 65.8 Å². The second kappa shape index (κ2) is 9.83. The summed E-state index contributed by atoms with van der Waals surface area (Å²) in [6.45, 7) is 2.62. The van der Waals surface area contributed by atoms with Gasteiger partial charge in [0, 0.05) is 24.1 Å². The van der Waals surface area contributed by atoms with Gasteiger partial charge in [0.15, 0.2) is 0 Å². The van der Waals surface area contributed by atoms with E-state index in [1.54, 1.807) is 4.90 Å². The lowest BCUT2D eigenvalue weighted by Crippen LogP contribution is -2.51. The van der Waals surface area contributed by atoms with Gasteiger partial charge in [-0.3, -0.25) is 9.59 Å². The van der Waals surface area contributed by atoms with Crippen LogP contribution >= 0.6 is 0 Å². The van der Waals surface area contributed by atoms with E-state index in [1.807, 2.05) is 67.6 Å². The van der Waals surface area contributed by atoms with E-state index in [2.05, 4.69) is 10.5 Å². The van der Waals surface area contributed by atoms with Crippen LogP contribution in [0, 0.1) is 0 Å². The highest BCUT2D eigenvalue weighted by Gasteiger charge is 2.31. The third kappa shape index (κ3) is 4.85. The average Bonchev–Trinajstić information content (AvgIpc) is 2.75. The van der Waals surface area contributed by atoms with E-state index in [4.69, 9.17) is 0 Å². The van der Waals surface area contributed by atoms with Crippen molar-refractivity contribution in [1.82, 2.24) is 10.3 Å². The fraction of sp³-hybridized carbons (Fsp3) is 0.348. The summed E-state index contributed by atoms with van der Waals surface area (Å²) in [6, 6.07) is 19.1. The molecule has 1 heterocycles. The highest BCUT2D eigenvalue weighted by atomic mass is 16.2. The Labute approximate surface area is 166 Å². The first-order valence-electron chi connectivity index (χ1n) is 9.98. The summed E-state index contributed by atoms with van der Waals surface area (Å²) in [6.07, 6.45) is 3.84. The fourth-order valence-electron chi connectivity index (χ4n) is 3.53. The van der Waals surface area contributed by atoms with Gasteiger partial charge in [-0.15, -0.1) is 0 Å². The Bertz CT molecular complexity index is 777. The van der Waals surface area contributed by atoms with Crippen molar-refractivity contribution in [1.29, 1.82) is 0 Å². The number of hydrogen-bond acceptors (Lipinski definition) is 3. The molecule has 5 heteroatoms. The molecule has 0 aromatic heterocycles. The molecule has 1 aliphatic heterocycles. The number of likely N-dealkylation sites (tertiary alicyclic amines) is 1. The molecule has 0 bridgehead atoms. The highest BCUT2D eigenvalue weighted by molar-refractivity contribution is 6.13. The zero-order valence-corrected chi connectivity index (χ0v) is 16.3. The van der Waals surface area contributed by atoms with Crippen molar-refractivity contribution in [3.8, 4) is 0 Å². The summed E-state index contributed by atoms with van der Waals surface area (Å²) in [5.74, 6) is -0.161. The van der Waals surface area contributed by atoms with Gasteiger partial charge in [0.1, 0.15) is 6.04 Å². The quantitative estimate of drug-likeness (QED) is 0.616. The molecule has 0 radical (unpaired) electrons. The average molecular weight is 377 g/mol. The van der Waals surface area contributed by atoms with Gasteiger partial charge in [0.25, 0.3) is 5.91 Å². The predicted octanol–water partition coefficient (Wildman–Crippen LogP) is 3.74. The molecular weight excluding hydrogens is 350 g/mol. The highest BCUT2D eigenvalue weighted by Crippen LogP contribution is 2.19. The molecule has 146 valence electrons. The Morgan fingerprint density at radius 2 is 1.61 bits per heavy atom. The van der Waals surface area contributed by atoms with Crippen LogP contribution < -0.4 is 5.43 Å². The molecule has 3 rings (SSSR count). The van der Waals surface area contributed by atoms with E-state index < -0.39 is 6.04 Å². The summed E-state index contributed by atoms with van der Waals surface area (Å²) < 4.78 is 0. The van der Waals surface area contributed by atoms with Gasteiger partial charge in [0.05, 0.1) is 5.71 Å². The van der Waals surface area contributed by atoms with E-state index in [9.17, 15) is 9.59 Å². The van der Waals surface area contributed by atoms with Gasteiger partial charge in [-0.2, -0.15) is 5.10 Å². The first-order chi connectivity index (χ1) is 13.7. The third-order valence-electron chi connectivity index (χ3n) is 4.96. The van der Waals surface area contributed by atoms with Crippen LogP contribution in [0.3, 0.4) is 0 Å². The molecule has 28 heavy (non-hydrogen) atoms. The van der Waals surface area contributed by atoms with Crippen LogP contribution in [0.2, 0.25) is 0 Å². The molecular formula is C23H27N3O2. The molecule has 2 amide bonds. The van der Waals surface area contributed by atoms with Crippen LogP contribution in [0.4, 0.5) is 0 Å². The number of hydrogen-bond donors (Lipinski definition) is 1. The first-order valence-corrected chi connectivity index (χ1v) is 9.98. The second-order valence-corrected chi connectivity index (χ2v) is 7.02. The van der Waals surface area contributed by atoms with Crippen molar-refractivity contribution >= 4 is 17.5 Å². The lowest BCUT2D eigenvalue weighted by atomic mass is 10.0. The predicted molar refractivity (Wildman–Crippen MR) is 111 cm³/mol. The molecule has 1 fully saturated rings. The van der Waals surface area contributed by atoms with Crippen molar-refractivity contribution in [2.45, 2.75) is 45.1 Å². The van der Waals surface area contributed by atoms with E-state index in [0.29, 0.717) is 25.1 Å². The Morgan fingerprint density at radius 1 is 1.00 bits per heavy atom. The molecule has 2 aromatic carbocycles. The van der Waals surface area contributed by atoms with Gasteiger partial charge < -0.3 is 4.90 Å². The fourth-order valence-corrected chi connectivity index (χ4v) is 3.53. The molecule has 5 nitrogen and oxygen atoms in total. The second-order valence-electron chi connectivity index (χ2n) is 7.02. The minimum Gasteiger partial charge on any atom is -0.331 e. The van der Waals surface area contributed by atoms with Gasteiger partial charge in [0.2, 0.25) is 5.91 Å². The SMILES string of the molecule is CCCC(=O)N1CCCCC1C(=O)NN=C(c1ccccc1)c1ccccc1. The molecule has 1 N–H and O–H groups in total. The van der Waals surface area contributed by atoms with Gasteiger partial charge >= 0.3 is 0 Å². The summed E-state index contributed by atoms with van der Waals surface area (Å²) >= 11 is 0. The van der Waals surface area contributed by atoms with Gasteiger partial charge in [-0.1, -0.05) is 67.6 Å². The number of hydrazone groups is 1. The van der Waals surface area contributed by atoms with E-state index in [1.165, 1.54) is 0 Å². The number of piperidine rings is 1. The van der Waals surface area contributed by atoms with Crippen LogP contribution in [-0.4, -0.2) is 35.0 Å². The minimum absolute atomic E-state index is 0.0534. The Balaban J connectivity index is 1.81. The number of nitrogens with zero attached hydrogens (tertiary/aromatic N) is 2. The largest absolute Gasteiger partial charge is 0.331 e. The summed E-state index contributed by atoms with van der Waals surface area (Å²) in [7, 11) is 0. The number of nitrogens with one attached hydrogen (secondary N) is 1. The Morgan fingerprint density at radius 3 is 2.18 bits per heavy atom. The first kappa shape index (κ1) is 19.8.